The van der Waals surface area contributed by atoms with E-state index >= 15 is 0 Å². The summed E-state index contributed by atoms with van der Waals surface area (Å²) in [6, 6.07) is 3.15. The highest BCUT2D eigenvalue weighted by molar-refractivity contribution is 6.24. The van der Waals surface area contributed by atoms with E-state index in [2.05, 4.69) is 0 Å². The molecular formula is C21H22N4O6. The lowest BCUT2D eigenvalue weighted by atomic mass is 10.0. The number of hydrogen-bond donors (Lipinski definition) is 1. The lowest BCUT2D eigenvalue weighted by Gasteiger charge is -2.35. The number of imide groups is 4. The highest BCUT2D eigenvalue weighted by Gasteiger charge is 2.50. The summed E-state index contributed by atoms with van der Waals surface area (Å²) in [5.74, 6) is -4.14. The van der Waals surface area contributed by atoms with Gasteiger partial charge in [0.15, 0.2) is 0 Å². The average molecular weight is 426 g/mol. The van der Waals surface area contributed by atoms with Crippen LogP contribution >= 0.6 is 0 Å². The molecule has 3 aliphatic rings. The van der Waals surface area contributed by atoms with Gasteiger partial charge in [-0.3, -0.25) is 33.7 Å². The minimum atomic E-state index is -1.26. The van der Waals surface area contributed by atoms with Gasteiger partial charge in [0.2, 0.25) is 11.8 Å². The Morgan fingerprint density at radius 1 is 1.03 bits per heavy atom. The monoisotopic (exact) mass is 426 g/mol. The van der Waals surface area contributed by atoms with E-state index in [9.17, 15) is 28.8 Å². The van der Waals surface area contributed by atoms with Crippen LogP contribution in [0.1, 0.15) is 53.3 Å². The van der Waals surface area contributed by atoms with Crippen molar-refractivity contribution in [3.05, 3.63) is 35.4 Å². The molecule has 0 radical (unpaired) electrons. The molecule has 1 aromatic rings. The molecule has 0 aromatic heterocycles. The van der Waals surface area contributed by atoms with Gasteiger partial charge in [-0.05, 0) is 38.3 Å². The Morgan fingerprint density at radius 2 is 1.65 bits per heavy atom. The number of nitrogens with two attached hydrogens (primary N) is 1. The second-order valence-corrected chi connectivity index (χ2v) is 7.96. The zero-order chi connectivity index (χ0) is 22.4. The number of fused-ring (bicyclic) bond motifs is 1. The molecule has 6 amide bonds. The summed E-state index contributed by atoms with van der Waals surface area (Å²) in [5.41, 5.74) is 6.02. The standard InChI is InChI=1S/C21H22N4O6/c1-11(22)17(27)23-10-4-7-14(23)20(30)25-16(26)9-8-15(21(25)31)24-18(28)12-5-2-3-6-13(12)19(24)29/h2-3,5-6,11,14-15H,4,7-10,22H2,1H3/t11-,14+,15?/m0/s1. The Kier molecular flexibility index (Phi) is 5.18. The minimum Gasteiger partial charge on any atom is -0.329 e. The van der Waals surface area contributed by atoms with Gasteiger partial charge in [0, 0.05) is 13.0 Å². The zero-order valence-corrected chi connectivity index (χ0v) is 16.9. The summed E-state index contributed by atoms with van der Waals surface area (Å²) in [6.07, 6.45) is 0.600. The van der Waals surface area contributed by atoms with E-state index in [1.54, 1.807) is 12.1 Å². The lowest BCUT2D eigenvalue weighted by Crippen LogP contribution is -2.61. The van der Waals surface area contributed by atoms with Gasteiger partial charge in [-0.25, -0.2) is 4.90 Å². The van der Waals surface area contributed by atoms with Crippen LogP contribution in [0.2, 0.25) is 0 Å². The highest BCUT2D eigenvalue weighted by atomic mass is 16.2. The first kappa shape index (κ1) is 20.9. The van der Waals surface area contributed by atoms with Gasteiger partial charge in [0.1, 0.15) is 12.1 Å². The normalized spacial score (nSPS) is 24.6. The van der Waals surface area contributed by atoms with E-state index in [-0.39, 0.29) is 24.0 Å². The molecule has 31 heavy (non-hydrogen) atoms. The molecule has 2 N–H and O–H groups in total. The third kappa shape index (κ3) is 3.23. The third-order valence-electron chi connectivity index (χ3n) is 5.95. The smallest absolute Gasteiger partial charge is 0.262 e. The first-order valence-electron chi connectivity index (χ1n) is 10.2. The lowest BCUT2D eigenvalue weighted by molar-refractivity contribution is -0.162. The van der Waals surface area contributed by atoms with Crippen LogP contribution in [-0.4, -0.2) is 74.8 Å². The Hall–Kier alpha value is -3.40. The van der Waals surface area contributed by atoms with Crippen molar-refractivity contribution in [3.63, 3.8) is 0 Å². The second-order valence-electron chi connectivity index (χ2n) is 7.96. The van der Waals surface area contributed by atoms with Crippen LogP contribution in [0.5, 0.6) is 0 Å². The molecule has 1 unspecified atom stereocenters. The van der Waals surface area contributed by atoms with E-state index in [4.69, 9.17) is 5.73 Å². The third-order valence-corrected chi connectivity index (χ3v) is 5.95. The quantitative estimate of drug-likeness (QED) is 0.653. The maximum absolute atomic E-state index is 13.2. The van der Waals surface area contributed by atoms with Crippen molar-refractivity contribution < 1.29 is 28.8 Å². The maximum atomic E-state index is 13.2. The fraction of sp³-hybridized carbons (Fsp3) is 0.429. The van der Waals surface area contributed by atoms with Gasteiger partial charge in [-0.2, -0.15) is 0 Å². The Bertz CT molecular complexity index is 984. The number of hydrogen-bond acceptors (Lipinski definition) is 7. The minimum absolute atomic E-state index is 0.0555. The highest BCUT2D eigenvalue weighted by Crippen LogP contribution is 2.30. The zero-order valence-electron chi connectivity index (χ0n) is 16.9. The maximum Gasteiger partial charge on any atom is 0.262 e. The average Bonchev–Trinajstić information content (AvgIpc) is 3.32. The number of amides is 6. The number of piperidine rings is 1. The van der Waals surface area contributed by atoms with Gasteiger partial charge < -0.3 is 10.6 Å². The van der Waals surface area contributed by atoms with Crippen LogP contribution in [0.25, 0.3) is 0 Å². The first-order valence-corrected chi connectivity index (χ1v) is 10.2. The molecule has 1 aromatic carbocycles. The van der Waals surface area contributed by atoms with Crippen LogP contribution in [0.3, 0.4) is 0 Å². The molecule has 0 spiro atoms. The summed E-state index contributed by atoms with van der Waals surface area (Å²) in [4.78, 5) is 79.4. The number of likely N-dealkylation sites (tertiary alicyclic amines) is 2. The number of carbonyl (C=O) groups excluding carboxylic acids is 6. The predicted octanol–water partition coefficient (Wildman–Crippen LogP) is -0.335. The molecular weight excluding hydrogens is 404 g/mol. The van der Waals surface area contributed by atoms with Crippen molar-refractivity contribution >= 4 is 35.4 Å². The van der Waals surface area contributed by atoms with Crippen LogP contribution in [0, 0.1) is 0 Å². The van der Waals surface area contributed by atoms with Crippen molar-refractivity contribution in [3.8, 4) is 0 Å². The van der Waals surface area contributed by atoms with Crippen LogP contribution < -0.4 is 5.73 Å². The van der Waals surface area contributed by atoms with E-state index in [1.807, 2.05) is 0 Å². The van der Waals surface area contributed by atoms with Crippen molar-refractivity contribution in [1.29, 1.82) is 0 Å². The van der Waals surface area contributed by atoms with Gasteiger partial charge in [0.05, 0.1) is 17.2 Å². The van der Waals surface area contributed by atoms with Gasteiger partial charge in [0.25, 0.3) is 23.6 Å². The molecule has 3 atom stereocenters. The summed E-state index contributed by atoms with van der Waals surface area (Å²) in [6.45, 7) is 1.80. The SMILES string of the molecule is C[C@H](N)C(=O)N1CCC[C@@H]1C(=O)N1C(=O)CCC(N2C(=O)c3ccccc3C2=O)C1=O. The summed E-state index contributed by atoms with van der Waals surface area (Å²) >= 11 is 0. The van der Waals surface area contributed by atoms with Gasteiger partial charge in [-0.1, -0.05) is 12.1 Å². The Morgan fingerprint density at radius 3 is 2.23 bits per heavy atom. The Balaban J connectivity index is 1.60. The van der Waals surface area contributed by atoms with E-state index in [0.717, 1.165) is 4.90 Å². The molecule has 0 bridgehead atoms. The first-order chi connectivity index (χ1) is 14.7. The van der Waals surface area contributed by atoms with Crippen LogP contribution in [-0.2, 0) is 19.2 Å². The van der Waals surface area contributed by atoms with Crippen molar-refractivity contribution in [1.82, 2.24) is 14.7 Å². The number of nitrogens with zero attached hydrogens (tertiary/aromatic N) is 3. The fourth-order valence-corrected chi connectivity index (χ4v) is 4.43. The topological polar surface area (TPSA) is 138 Å². The molecule has 10 heteroatoms. The molecule has 162 valence electrons. The van der Waals surface area contributed by atoms with E-state index in [0.29, 0.717) is 24.3 Å². The van der Waals surface area contributed by atoms with Gasteiger partial charge in [-0.15, -0.1) is 0 Å². The molecule has 3 heterocycles. The summed E-state index contributed by atoms with van der Waals surface area (Å²) < 4.78 is 0. The second kappa shape index (κ2) is 7.69. The number of rotatable bonds is 3. The largest absolute Gasteiger partial charge is 0.329 e. The predicted molar refractivity (Wildman–Crippen MR) is 105 cm³/mol. The van der Waals surface area contributed by atoms with E-state index in [1.165, 1.54) is 24.0 Å². The Labute approximate surface area is 177 Å². The summed E-state index contributed by atoms with van der Waals surface area (Å²) in [5, 5.41) is 0. The molecule has 10 nitrogen and oxygen atoms in total. The molecule has 2 fully saturated rings. The molecule has 2 saturated heterocycles. The van der Waals surface area contributed by atoms with Crippen molar-refractivity contribution in [2.45, 2.75) is 50.7 Å². The van der Waals surface area contributed by atoms with Gasteiger partial charge >= 0.3 is 0 Å². The number of carbonyl (C=O) groups is 6. The summed E-state index contributed by atoms with van der Waals surface area (Å²) in [7, 11) is 0. The molecule has 4 rings (SSSR count). The molecule has 3 aliphatic heterocycles. The molecule has 0 saturated carbocycles. The van der Waals surface area contributed by atoms with Crippen molar-refractivity contribution in [2.24, 2.45) is 5.73 Å². The van der Waals surface area contributed by atoms with E-state index < -0.39 is 53.6 Å². The number of benzene rings is 1. The molecule has 0 aliphatic carbocycles. The van der Waals surface area contributed by atoms with Crippen LogP contribution in [0.4, 0.5) is 0 Å². The fourth-order valence-electron chi connectivity index (χ4n) is 4.43. The van der Waals surface area contributed by atoms with Crippen molar-refractivity contribution in [2.75, 3.05) is 6.54 Å². The van der Waals surface area contributed by atoms with Crippen LogP contribution in [0.15, 0.2) is 24.3 Å².